The number of nitriles is 1. The molecule has 3 amide bonds. The molecule has 3 rings (SSSR count). The molecule has 1 atom stereocenters. The largest absolute Gasteiger partial charge is 0.342 e. The molecule has 1 aromatic carbocycles. The van der Waals surface area contributed by atoms with Crippen LogP contribution in [0.4, 0.5) is 13.9 Å². The predicted octanol–water partition coefficient (Wildman–Crippen LogP) is 2.54. The molecule has 2 aromatic rings. The first kappa shape index (κ1) is 21.6. The molecule has 0 bridgehead atoms. The number of halogens is 3. The summed E-state index contributed by atoms with van der Waals surface area (Å²) in [6, 6.07) is 6.60. The van der Waals surface area contributed by atoms with Gasteiger partial charge >= 0.3 is 0 Å². The summed E-state index contributed by atoms with van der Waals surface area (Å²) in [5.74, 6) is -5.09. The molecule has 0 unspecified atom stereocenters. The summed E-state index contributed by atoms with van der Waals surface area (Å²) in [6.45, 7) is -1.42. The van der Waals surface area contributed by atoms with Crippen LogP contribution in [0.5, 0.6) is 0 Å². The molecular formula is C18H14ClF2N5O3S. The van der Waals surface area contributed by atoms with Crippen molar-refractivity contribution >= 4 is 45.8 Å². The fourth-order valence-electron chi connectivity index (χ4n) is 2.75. The zero-order chi connectivity index (χ0) is 21.9. The average Bonchev–Trinajstić information content (AvgIpc) is 3.29. The quantitative estimate of drug-likeness (QED) is 0.721. The van der Waals surface area contributed by atoms with Crippen molar-refractivity contribution in [3.05, 3.63) is 45.9 Å². The number of anilines is 1. The third-order valence-corrected chi connectivity index (χ3v) is 5.21. The van der Waals surface area contributed by atoms with E-state index in [4.69, 9.17) is 16.9 Å². The van der Waals surface area contributed by atoms with Crippen molar-refractivity contribution in [1.82, 2.24) is 15.2 Å². The average molecular weight is 454 g/mol. The van der Waals surface area contributed by atoms with Gasteiger partial charge in [-0.2, -0.15) is 5.26 Å². The molecule has 0 spiro atoms. The van der Waals surface area contributed by atoms with Gasteiger partial charge in [-0.25, -0.2) is 13.8 Å². The highest BCUT2D eigenvalue weighted by molar-refractivity contribution is 7.14. The van der Waals surface area contributed by atoms with E-state index in [0.717, 1.165) is 16.2 Å². The SMILES string of the molecule is N#C[C@@H]1CC(F)(F)CN1C(=O)CNC(=O)c1csc(NC(=O)c2ccc(Cl)cc2)n1. The van der Waals surface area contributed by atoms with Crippen LogP contribution in [0.2, 0.25) is 5.02 Å². The molecule has 2 heterocycles. The summed E-state index contributed by atoms with van der Waals surface area (Å²) in [5.41, 5.74) is 0.295. The third-order valence-electron chi connectivity index (χ3n) is 4.20. The van der Waals surface area contributed by atoms with Gasteiger partial charge in [0.2, 0.25) is 5.91 Å². The smallest absolute Gasteiger partial charge is 0.271 e. The van der Waals surface area contributed by atoms with Crippen LogP contribution >= 0.6 is 22.9 Å². The summed E-state index contributed by atoms with van der Waals surface area (Å²) < 4.78 is 26.8. The zero-order valence-electron chi connectivity index (χ0n) is 15.2. The Bertz CT molecular complexity index is 1020. The summed E-state index contributed by atoms with van der Waals surface area (Å²) in [6.07, 6.45) is -0.730. The van der Waals surface area contributed by atoms with Gasteiger partial charge in [0.1, 0.15) is 11.7 Å². The standard InChI is InChI=1S/C18H14ClF2N5O3S/c19-11-3-1-10(2-4-11)15(28)25-17-24-13(8-30-17)16(29)23-7-14(27)26-9-18(20,21)5-12(26)6-22/h1-4,8,12H,5,7,9H2,(H,23,29)(H,24,25,28)/t12-/m0/s1. The normalized spacial score (nSPS) is 17.3. The minimum Gasteiger partial charge on any atom is -0.342 e. The summed E-state index contributed by atoms with van der Waals surface area (Å²) in [5, 5.41) is 15.8. The lowest BCUT2D eigenvalue weighted by molar-refractivity contribution is -0.131. The monoisotopic (exact) mass is 453 g/mol. The van der Waals surface area contributed by atoms with Gasteiger partial charge in [0.25, 0.3) is 17.7 Å². The number of carbonyl (C=O) groups excluding carboxylic acids is 3. The van der Waals surface area contributed by atoms with Crippen molar-refractivity contribution in [2.45, 2.75) is 18.4 Å². The molecule has 12 heteroatoms. The van der Waals surface area contributed by atoms with E-state index in [1.165, 1.54) is 17.5 Å². The highest BCUT2D eigenvalue weighted by Crippen LogP contribution is 2.31. The van der Waals surface area contributed by atoms with Crippen LogP contribution in [-0.4, -0.2) is 52.7 Å². The molecule has 0 aliphatic carbocycles. The number of rotatable bonds is 5. The molecule has 1 saturated heterocycles. The lowest BCUT2D eigenvalue weighted by atomic mass is 10.2. The van der Waals surface area contributed by atoms with E-state index in [1.54, 1.807) is 18.2 Å². The van der Waals surface area contributed by atoms with Crippen molar-refractivity contribution in [3.8, 4) is 6.07 Å². The lowest BCUT2D eigenvalue weighted by Gasteiger charge is -2.19. The summed E-state index contributed by atoms with van der Waals surface area (Å²) >= 11 is 6.77. The second-order valence-electron chi connectivity index (χ2n) is 6.41. The maximum atomic E-state index is 13.4. The minimum atomic E-state index is -3.13. The first-order valence-electron chi connectivity index (χ1n) is 8.56. The highest BCUT2D eigenvalue weighted by Gasteiger charge is 2.47. The van der Waals surface area contributed by atoms with Crippen molar-refractivity contribution in [2.24, 2.45) is 0 Å². The van der Waals surface area contributed by atoms with Gasteiger partial charge in [0, 0.05) is 22.4 Å². The maximum absolute atomic E-state index is 13.4. The van der Waals surface area contributed by atoms with Crippen LogP contribution in [0.3, 0.4) is 0 Å². The van der Waals surface area contributed by atoms with Gasteiger partial charge in [-0.05, 0) is 24.3 Å². The van der Waals surface area contributed by atoms with E-state index in [0.29, 0.717) is 10.6 Å². The summed E-state index contributed by atoms with van der Waals surface area (Å²) in [4.78, 5) is 41.2. The topological polar surface area (TPSA) is 115 Å². The number of thiazole rings is 1. The molecule has 30 heavy (non-hydrogen) atoms. The molecule has 1 fully saturated rings. The second kappa shape index (κ2) is 8.73. The van der Waals surface area contributed by atoms with E-state index >= 15 is 0 Å². The van der Waals surface area contributed by atoms with Crippen LogP contribution in [-0.2, 0) is 4.79 Å². The highest BCUT2D eigenvalue weighted by atomic mass is 35.5. The third kappa shape index (κ3) is 5.08. The number of carbonyl (C=O) groups is 3. The Kier molecular flexibility index (Phi) is 6.28. The van der Waals surface area contributed by atoms with Gasteiger partial charge in [-0.3, -0.25) is 19.7 Å². The number of likely N-dealkylation sites (tertiary alicyclic amines) is 1. The van der Waals surface area contributed by atoms with Gasteiger partial charge in [0.15, 0.2) is 5.13 Å². The van der Waals surface area contributed by atoms with Crippen molar-refractivity contribution in [1.29, 1.82) is 5.26 Å². The first-order valence-corrected chi connectivity index (χ1v) is 9.82. The Balaban J connectivity index is 1.55. The Labute approximate surface area is 178 Å². The van der Waals surface area contributed by atoms with E-state index in [9.17, 15) is 23.2 Å². The van der Waals surface area contributed by atoms with Gasteiger partial charge in [-0.1, -0.05) is 11.6 Å². The zero-order valence-corrected chi connectivity index (χ0v) is 16.8. The van der Waals surface area contributed by atoms with Crippen molar-refractivity contribution in [2.75, 3.05) is 18.4 Å². The Morgan fingerprint density at radius 3 is 2.67 bits per heavy atom. The number of amides is 3. The number of aromatic nitrogens is 1. The van der Waals surface area contributed by atoms with E-state index in [-0.39, 0.29) is 10.8 Å². The molecule has 1 aliphatic rings. The lowest BCUT2D eigenvalue weighted by Crippen LogP contribution is -2.43. The molecule has 2 N–H and O–H groups in total. The molecule has 0 saturated carbocycles. The molecular weight excluding hydrogens is 440 g/mol. The van der Waals surface area contributed by atoms with Gasteiger partial charge in [-0.15, -0.1) is 11.3 Å². The predicted molar refractivity (Wildman–Crippen MR) is 105 cm³/mol. The molecule has 8 nitrogen and oxygen atoms in total. The van der Waals surface area contributed by atoms with Crippen molar-refractivity contribution in [3.63, 3.8) is 0 Å². The molecule has 156 valence electrons. The Morgan fingerprint density at radius 1 is 1.30 bits per heavy atom. The Morgan fingerprint density at radius 2 is 2.00 bits per heavy atom. The number of hydrogen-bond donors (Lipinski definition) is 2. The molecule has 1 aromatic heterocycles. The van der Waals surface area contributed by atoms with Crippen LogP contribution < -0.4 is 10.6 Å². The van der Waals surface area contributed by atoms with Gasteiger partial charge < -0.3 is 10.2 Å². The fraction of sp³-hybridized carbons (Fsp3) is 0.278. The Hall–Kier alpha value is -3.10. The molecule has 1 aliphatic heterocycles. The summed E-state index contributed by atoms with van der Waals surface area (Å²) in [7, 11) is 0. The number of hydrogen-bond acceptors (Lipinski definition) is 6. The van der Waals surface area contributed by atoms with Crippen LogP contribution in [0, 0.1) is 11.3 Å². The van der Waals surface area contributed by atoms with Crippen LogP contribution in [0.15, 0.2) is 29.6 Å². The number of benzene rings is 1. The number of alkyl halides is 2. The van der Waals surface area contributed by atoms with Gasteiger partial charge in [0.05, 0.1) is 19.2 Å². The van der Waals surface area contributed by atoms with Crippen LogP contribution in [0.25, 0.3) is 0 Å². The second-order valence-corrected chi connectivity index (χ2v) is 7.70. The van der Waals surface area contributed by atoms with E-state index in [2.05, 4.69) is 15.6 Å². The first-order chi connectivity index (χ1) is 14.2. The number of nitrogens with zero attached hydrogens (tertiary/aromatic N) is 3. The minimum absolute atomic E-state index is 0.0530. The number of nitrogens with one attached hydrogen (secondary N) is 2. The van der Waals surface area contributed by atoms with Crippen molar-refractivity contribution < 1.29 is 23.2 Å². The van der Waals surface area contributed by atoms with E-state index in [1.807, 2.05) is 0 Å². The molecule has 0 radical (unpaired) electrons. The van der Waals surface area contributed by atoms with Crippen LogP contribution in [0.1, 0.15) is 27.3 Å². The maximum Gasteiger partial charge on any atom is 0.271 e. The fourth-order valence-corrected chi connectivity index (χ4v) is 3.56. The van der Waals surface area contributed by atoms with E-state index < -0.39 is 49.2 Å².